The predicted molar refractivity (Wildman–Crippen MR) is 114 cm³/mol. The fourth-order valence-electron chi connectivity index (χ4n) is 3.76. The van der Waals surface area contributed by atoms with Gasteiger partial charge in [-0.3, -0.25) is 4.99 Å². The van der Waals surface area contributed by atoms with Gasteiger partial charge in [-0.2, -0.15) is 0 Å². The lowest BCUT2D eigenvalue weighted by Gasteiger charge is -2.37. The lowest BCUT2D eigenvalue weighted by molar-refractivity contribution is 0.121. The number of likely N-dealkylation sites (tertiary alicyclic amines) is 1. The number of nitrogens with one attached hydrogen (secondary N) is 1. The van der Waals surface area contributed by atoms with Crippen LogP contribution in [0.3, 0.4) is 0 Å². The molecule has 2 aliphatic rings. The van der Waals surface area contributed by atoms with Crippen LogP contribution in [0.5, 0.6) is 5.75 Å². The molecule has 1 fully saturated rings. The standard InChI is InChI=1S/C19H30N4O.HI/c1-19(2)9-5-11-23(14-19)12-10-21-18(20)22-16-8-13-24-17-7-4-3-6-15(16)17;/h3-4,6-7,16H,5,8-14H2,1-2H3,(H3,20,21,22);1H. The second-order valence-corrected chi connectivity index (χ2v) is 7.68. The van der Waals surface area contributed by atoms with Crippen LogP contribution in [-0.2, 0) is 0 Å². The molecule has 2 heterocycles. The van der Waals surface area contributed by atoms with Crippen LogP contribution in [0.2, 0.25) is 0 Å². The maximum absolute atomic E-state index is 6.11. The second-order valence-electron chi connectivity index (χ2n) is 7.68. The molecule has 0 amide bonds. The van der Waals surface area contributed by atoms with Crippen molar-refractivity contribution in [2.24, 2.45) is 16.1 Å². The van der Waals surface area contributed by atoms with E-state index in [-0.39, 0.29) is 30.0 Å². The van der Waals surface area contributed by atoms with Crippen molar-refractivity contribution in [3.05, 3.63) is 29.8 Å². The summed E-state index contributed by atoms with van der Waals surface area (Å²) < 4.78 is 5.69. The third-order valence-electron chi connectivity index (χ3n) is 4.96. The first kappa shape index (κ1) is 20.3. The first-order valence-corrected chi connectivity index (χ1v) is 9.04. The van der Waals surface area contributed by atoms with Gasteiger partial charge in [0, 0.05) is 25.1 Å². The number of hydrogen-bond acceptors (Lipinski definition) is 3. The van der Waals surface area contributed by atoms with Crippen LogP contribution in [0.4, 0.5) is 0 Å². The van der Waals surface area contributed by atoms with Crippen LogP contribution in [0.15, 0.2) is 29.3 Å². The van der Waals surface area contributed by atoms with E-state index in [1.54, 1.807) is 0 Å². The van der Waals surface area contributed by atoms with Crippen molar-refractivity contribution >= 4 is 29.9 Å². The molecular formula is C19H31IN4O. The largest absolute Gasteiger partial charge is 0.493 e. The number of para-hydroxylation sites is 1. The summed E-state index contributed by atoms with van der Waals surface area (Å²) in [6, 6.07) is 8.32. The van der Waals surface area contributed by atoms with Crippen molar-refractivity contribution in [1.29, 1.82) is 0 Å². The number of halogens is 1. The van der Waals surface area contributed by atoms with Gasteiger partial charge in [0.05, 0.1) is 19.2 Å². The number of nitrogens with two attached hydrogens (primary N) is 1. The summed E-state index contributed by atoms with van der Waals surface area (Å²) in [4.78, 5) is 7.04. The van der Waals surface area contributed by atoms with Gasteiger partial charge in [-0.1, -0.05) is 32.0 Å². The number of benzene rings is 1. The number of hydrogen-bond donors (Lipinski definition) is 2. The monoisotopic (exact) mass is 458 g/mol. The minimum atomic E-state index is 0. The van der Waals surface area contributed by atoms with E-state index in [0.717, 1.165) is 31.8 Å². The topological polar surface area (TPSA) is 62.9 Å². The SMILES string of the molecule is CC1(C)CCCN(CCN=C(N)NC2CCOc3ccccc32)C1.I. The zero-order valence-electron chi connectivity index (χ0n) is 15.3. The molecule has 0 saturated carbocycles. The number of rotatable bonds is 4. The number of guanidine groups is 1. The molecule has 0 spiro atoms. The minimum Gasteiger partial charge on any atom is -0.493 e. The van der Waals surface area contributed by atoms with Crippen molar-refractivity contribution in [2.75, 3.05) is 32.8 Å². The quantitative estimate of drug-likeness (QED) is 0.414. The molecule has 0 aromatic heterocycles. The number of piperidine rings is 1. The summed E-state index contributed by atoms with van der Waals surface area (Å²) >= 11 is 0. The smallest absolute Gasteiger partial charge is 0.189 e. The Labute approximate surface area is 168 Å². The van der Waals surface area contributed by atoms with Crippen LogP contribution in [0.25, 0.3) is 0 Å². The van der Waals surface area contributed by atoms with E-state index in [1.807, 2.05) is 18.2 Å². The summed E-state index contributed by atoms with van der Waals surface area (Å²) in [6.45, 7) is 9.48. The van der Waals surface area contributed by atoms with Gasteiger partial charge in [0.1, 0.15) is 5.75 Å². The van der Waals surface area contributed by atoms with Crippen LogP contribution < -0.4 is 15.8 Å². The normalized spacial score (nSPS) is 23.1. The molecule has 5 nitrogen and oxygen atoms in total. The highest BCUT2D eigenvalue weighted by molar-refractivity contribution is 14.0. The molecule has 6 heteroatoms. The first-order chi connectivity index (χ1) is 11.5. The molecule has 140 valence electrons. The van der Waals surface area contributed by atoms with Crippen molar-refractivity contribution < 1.29 is 4.74 Å². The van der Waals surface area contributed by atoms with Crippen LogP contribution in [-0.4, -0.2) is 43.6 Å². The third kappa shape index (κ3) is 5.74. The van der Waals surface area contributed by atoms with E-state index < -0.39 is 0 Å². The van der Waals surface area contributed by atoms with Gasteiger partial charge in [-0.15, -0.1) is 24.0 Å². The van der Waals surface area contributed by atoms with Gasteiger partial charge in [0.2, 0.25) is 0 Å². The average Bonchev–Trinajstić information content (AvgIpc) is 2.54. The fourth-order valence-corrected chi connectivity index (χ4v) is 3.76. The fraction of sp³-hybridized carbons (Fsp3) is 0.632. The van der Waals surface area contributed by atoms with Crippen molar-refractivity contribution in [3.8, 4) is 5.75 Å². The van der Waals surface area contributed by atoms with Gasteiger partial charge < -0.3 is 20.7 Å². The molecule has 0 bridgehead atoms. The molecule has 0 radical (unpaired) electrons. The highest BCUT2D eigenvalue weighted by atomic mass is 127. The Kier molecular flexibility index (Phi) is 7.37. The maximum atomic E-state index is 6.11. The van der Waals surface area contributed by atoms with Crippen molar-refractivity contribution in [2.45, 2.75) is 39.2 Å². The summed E-state index contributed by atoms with van der Waals surface area (Å²) in [6.07, 6.45) is 3.51. The zero-order chi connectivity index (χ0) is 17.0. The Morgan fingerprint density at radius 3 is 3.00 bits per heavy atom. The molecule has 3 N–H and O–H groups in total. The van der Waals surface area contributed by atoms with Gasteiger partial charge in [-0.25, -0.2) is 0 Å². The van der Waals surface area contributed by atoms with E-state index in [4.69, 9.17) is 10.5 Å². The summed E-state index contributed by atoms with van der Waals surface area (Å²) in [5.74, 6) is 1.48. The van der Waals surface area contributed by atoms with Gasteiger partial charge in [0.15, 0.2) is 5.96 Å². The number of aliphatic imine (C=N–C) groups is 1. The van der Waals surface area contributed by atoms with Gasteiger partial charge in [0.25, 0.3) is 0 Å². The van der Waals surface area contributed by atoms with E-state index in [9.17, 15) is 0 Å². The number of nitrogens with zero attached hydrogens (tertiary/aromatic N) is 2. The predicted octanol–water partition coefficient (Wildman–Crippen LogP) is 3.15. The molecule has 1 saturated heterocycles. The molecule has 1 aromatic carbocycles. The molecule has 25 heavy (non-hydrogen) atoms. The van der Waals surface area contributed by atoms with Gasteiger partial charge in [-0.05, 0) is 30.9 Å². The van der Waals surface area contributed by atoms with Gasteiger partial charge >= 0.3 is 0 Å². The van der Waals surface area contributed by atoms with E-state index in [0.29, 0.717) is 18.0 Å². The number of fused-ring (bicyclic) bond motifs is 1. The minimum absolute atomic E-state index is 0. The Bertz CT molecular complexity index is 591. The Morgan fingerprint density at radius 1 is 1.40 bits per heavy atom. The van der Waals surface area contributed by atoms with Crippen molar-refractivity contribution in [3.63, 3.8) is 0 Å². The van der Waals surface area contributed by atoms with E-state index in [2.05, 4.69) is 35.1 Å². The average molecular weight is 458 g/mol. The maximum Gasteiger partial charge on any atom is 0.189 e. The third-order valence-corrected chi connectivity index (χ3v) is 4.96. The highest BCUT2D eigenvalue weighted by Gasteiger charge is 2.26. The highest BCUT2D eigenvalue weighted by Crippen LogP contribution is 2.31. The Morgan fingerprint density at radius 2 is 2.20 bits per heavy atom. The Balaban J connectivity index is 0.00000225. The molecular weight excluding hydrogens is 427 g/mol. The number of ether oxygens (including phenoxy) is 1. The summed E-state index contributed by atoms with van der Waals surface area (Å²) in [5, 5.41) is 3.36. The van der Waals surface area contributed by atoms with Crippen LogP contribution in [0.1, 0.15) is 44.7 Å². The first-order valence-electron chi connectivity index (χ1n) is 9.04. The summed E-state index contributed by atoms with van der Waals surface area (Å²) in [7, 11) is 0. The molecule has 3 rings (SSSR count). The second kappa shape index (κ2) is 9.07. The molecule has 1 unspecified atom stereocenters. The van der Waals surface area contributed by atoms with Crippen molar-refractivity contribution in [1.82, 2.24) is 10.2 Å². The van der Waals surface area contributed by atoms with Crippen LogP contribution >= 0.6 is 24.0 Å². The lowest BCUT2D eigenvalue weighted by Crippen LogP contribution is -2.42. The lowest BCUT2D eigenvalue weighted by atomic mass is 9.84. The molecule has 0 aliphatic carbocycles. The molecule has 2 aliphatic heterocycles. The van der Waals surface area contributed by atoms with E-state index >= 15 is 0 Å². The van der Waals surface area contributed by atoms with Crippen LogP contribution in [0, 0.1) is 5.41 Å². The molecule has 1 aromatic rings. The molecule has 1 atom stereocenters. The summed E-state index contributed by atoms with van der Waals surface area (Å²) in [5.41, 5.74) is 7.70. The Hall–Kier alpha value is -1.02. The van der Waals surface area contributed by atoms with E-state index in [1.165, 1.54) is 24.9 Å². The zero-order valence-corrected chi connectivity index (χ0v) is 17.7.